The number of likely N-dealkylation sites (tertiary alicyclic amines) is 1. The minimum Gasteiger partial charge on any atom is -0.352 e. The van der Waals surface area contributed by atoms with E-state index in [1.54, 1.807) is 9.80 Å². The van der Waals surface area contributed by atoms with Gasteiger partial charge >= 0.3 is 0 Å². The highest BCUT2D eigenvalue weighted by Gasteiger charge is 2.36. The van der Waals surface area contributed by atoms with Gasteiger partial charge < -0.3 is 20.4 Å². The van der Waals surface area contributed by atoms with E-state index in [0.29, 0.717) is 25.3 Å². The van der Waals surface area contributed by atoms with Crippen LogP contribution in [0.4, 0.5) is 5.69 Å². The first kappa shape index (κ1) is 22.5. The van der Waals surface area contributed by atoms with Gasteiger partial charge in [0, 0.05) is 25.2 Å². The molecule has 2 atom stereocenters. The lowest BCUT2D eigenvalue weighted by molar-refractivity contribution is -0.130. The summed E-state index contributed by atoms with van der Waals surface area (Å²) in [5.41, 5.74) is 2.64. The predicted octanol–water partition coefficient (Wildman–Crippen LogP) is 2.41. The Morgan fingerprint density at radius 2 is 1.87 bits per heavy atom. The summed E-state index contributed by atoms with van der Waals surface area (Å²) in [5, 5.41) is 5.79. The van der Waals surface area contributed by atoms with Gasteiger partial charge in [-0.3, -0.25) is 14.4 Å². The summed E-state index contributed by atoms with van der Waals surface area (Å²) < 4.78 is 0. The molecule has 2 N–H and O–H groups in total. The Bertz CT molecular complexity index is 929. The quantitative estimate of drug-likeness (QED) is 0.685. The van der Waals surface area contributed by atoms with Crippen LogP contribution in [0.25, 0.3) is 0 Å². The van der Waals surface area contributed by atoms with Crippen LogP contribution in [-0.2, 0) is 20.9 Å². The van der Waals surface area contributed by atoms with E-state index in [9.17, 15) is 14.4 Å². The Morgan fingerprint density at radius 1 is 1.13 bits per heavy atom. The normalized spacial score (nSPS) is 17.0. The molecule has 0 aromatic heterocycles. The summed E-state index contributed by atoms with van der Waals surface area (Å²) in [6, 6.07) is 17.2. The molecule has 0 radical (unpaired) electrons. The molecular formula is C24H30N4O3. The molecule has 0 spiro atoms. The summed E-state index contributed by atoms with van der Waals surface area (Å²) in [6.45, 7) is 3.05. The average Bonchev–Trinajstić information content (AvgIpc) is 3.13. The van der Waals surface area contributed by atoms with E-state index in [1.165, 1.54) is 0 Å². The van der Waals surface area contributed by atoms with Gasteiger partial charge in [0.05, 0.1) is 18.5 Å². The summed E-state index contributed by atoms with van der Waals surface area (Å²) in [6.07, 6.45) is 0.226. The van der Waals surface area contributed by atoms with Gasteiger partial charge in [0.15, 0.2) is 0 Å². The molecule has 7 nitrogen and oxygen atoms in total. The van der Waals surface area contributed by atoms with Gasteiger partial charge in [-0.05, 0) is 44.3 Å². The van der Waals surface area contributed by atoms with Gasteiger partial charge in [0.2, 0.25) is 17.7 Å². The highest BCUT2D eigenvalue weighted by molar-refractivity contribution is 5.92. The van der Waals surface area contributed by atoms with Gasteiger partial charge in [0.25, 0.3) is 0 Å². The SMILES string of the molecule is CC(c1ccccc1)N1CC(C(=O)NCc2cccc(NC(=O)CN(C)C)c2)CC1=O. The molecule has 2 unspecified atom stereocenters. The molecule has 2 aromatic rings. The molecule has 3 amide bonds. The van der Waals surface area contributed by atoms with E-state index in [4.69, 9.17) is 0 Å². The number of carbonyl (C=O) groups is 3. The maximum Gasteiger partial charge on any atom is 0.238 e. The van der Waals surface area contributed by atoms with Gasteiger partial charge in [-0.1, -0.05) is 42.5 Å². The van der Waals surface area contributed by atoms with Crippen molar-refractivity contribution in [3.63, 3.8) is 0 Å². The van der Waals surface area contributed by atoms with Crippen LogP contribution in [0.15, 0.2) is 54.6 Å². The second-order valence-corrected chi connectivity index (χ2v) is 8.24. The molecule has 1 aliphatic rings. The predicted molar refractivity (Wildman–Crippen MR) is 120 cm³/mol. The van der Waals surface area contributed by atoms with Crippen LogP contribution in [0.5, 0.6) is 0 Å². The van der Waals surface area contributed by atoms with Crippen molar-refractivity contribution in [2.75, 3.05) is 32.5 Å². The first-order valence-corrected chi connectivity index (χ1v) is 10.5. The number of nitrogens with one attached hydrogen (secondary N) is 2. The summed E-state index contributed by atoms with van der Waals surface area (Å²) >= 11 is 0. The van der Waals surface area contributed by atoms with Crippen molar-refractivity contribution in [1.29, 1.82) is 0 Å². The fourth-order valence-electron chi connectivity index (χ4n) is 3.77. The Balaban J connectivity index is 1.54. The number of hydrogen-bond donors (Lipinski definition) is 2. The zero-order valence-electron chi connectivity index (χ0n) is 18.3. The van der Waals surface area contributed by atoms with Crippen LogP contribution < -0.4 is 10.6 Å². The molecule has 3 rings (SSSR count). The van der Waals surface area contributed by atoms with Crippen LogP contribution >= 0.6 is 0 Å². The standard InChI is InChI=1S/C24H30N4O3/c1-17(19-9-5-4-6-10-19)28-15-20(13-23(28)30)24(31)25-14-18-8-7-11-21(12-18)26-22(29)16-27(2)3/h4-12,17,20H,13-16H2,1-3H3,(H,25,31)(H,26,29). The number of carbonyl (C=O) groups excluding carboxylic acids is 3. The Morgan fingerprint density at radius 3 is 2.58 bits per heavy atom. The largest absolute Gasteiger partial charge is 0.352 e. The molecule has 31 heavy (non-hydrogen) atoms. The van der Waals surface area contributed by atoms with Crippen LogP contribution in [0.3, 0.4) is 0 Å². The molecule has 164 valence electrons. The molecule has 1 aliphatic heterocycles. The minimum absolute atomic E-state index is 0.00195. The minimum atomic E-state index is -0.360. The van der Waals surface area contributed by atoms with Crippen molar-refractivity contribution in [3.05, 3.63) is 65.7 Å². The van der Waals surface area contributed by atoms with Gasteiger partial charge in [-0.2, -0.15) is 0 Å². The average molecular weight is 423 g/mol. The number of nitrogens with zero attached hydrogens (tertiary/aromatic N) is 2. The van der Waals surface area contributed by atoms with Crippen LogP contribution in [0.1, 0.15) is 30.5 Å². The first-order chi connectivity index (χ1) is 14.8. The third kappa shape index (κ3) is 6.15. The van der Waals surface area contributed by atoms with E-state index in [0.717, 1.165) is 11.1 Å². The summed E-state index contributed by atoms with van der Waals surface area (Å²) in [7, 11) is 3.67. The maximum absolute atomic E-state index is 12.7. The molecular weight excluding hydrogens is 392 g/mol. The Kier molecular flexibility index (Phi) is 7.41. The second-order valence-electron chi connectivity index (χ2n) is 8.24. The molecule has 1 heterocycles. The van der Waals surface area contributed by atoms with Crippen molar-refractivity contribution in [1.82, 2.24) is 15.1 Å². The molecule has 1 fully saturated rings. The number of rotatable bonds is 8. The number of hydrogen-bond acceptors (Lipinski definition) is 4. The fourth-order valence-corrected chi connectivity index (χ4v) is 3.77. The van der Waals surface area contributed by atoms with Crippen LogP contribution in [0, 0.1) is 5.92 Å². The zero-order chi connectivity index (χ0) is 22.4. The van der Waals surface area contributed by atoms with E-state index in [2.05, 4.69) is 10.6 Å². The lowest BCUT2D eigenvalue weighted by atomic mass is 10.1. The third-order valence-electron chi connectivity index (χ3n) is 5.42. The smallest absolute Gasteiger partial charge is 0.238 e. The van der Waals surface area contributed by atoms with Gasteiger partial charge in [-0.25, -0.2) is 0 Å². The van der Waals surface area contributed by atoms with E-state index in [1.807, 2.05) is 75.6 Å². The third-order valence-corrected chi connectivity index (χ3v) is 5.42. The number of benzene rings is 2. The van der Waals surface area contributed by atoms with E-state index < -0.39 is 0 Å². The van der Waals surface area contributed by atoms with Crippen molar-refractivity contribution in [2.24, 2.45) is 5.92 Å². The monoisotopic (exact) mass is 422 g/mol. The van der Waals surface area contributed by atoms with Crippen LogP contribution in [-0.4, -0.2) is 54.7 Å². The summed E-state index contributed by atoms with van der Waals surface area (Å²) in [4.78, 5) is 40.7. The maximum atomic E-state index is 12.7. The molecule has 0 aliphatic carbocycles. The highest BCUT2D eigenvalue weighted by atomic mass is 16.2. The lowest BCUT2D eigenvalue weighted by Gasteiger charge is -2.25. The Labute approximate surface area is 183 Å². The van der Waals surface area contributed by atoms with Crippen molar-refractivity contribution >= 4 is 23.4 Å². The van der Waals surface area contributed by atoms with Crippen molar-refractivity contribution < 1.29 is 14.4 Å². The van der Waals surface area contributed by atoms with Crippen LogP contribution in [0.2, 0.25) is 0 Å². The van der Waals surface area contributed by atoms with E-state index in [-0.39, 0.29) is 36.1 Å². The lowest BCUT2D eigenvalue weighted by Crippen LogP contribution is -2.33. The zero-order valence-corrected chi connectivity index (χ0v) is 18.3. The second kappa shape index (κ2) is 10.2. The molecule has 0 bridgehead atoms. The number of anilines is 1. The molecule has 7 heteroatoms. The Hall–Kier alpha value is -3.19. The summed E-state index contributed by atoms with van der Waals surface area (Å²) in [5.74, 6) is -0.579. The molecule has 2 aromatic carbocycles. The topological polar surface area (TPSA) is 81.8 Å². The number of amides is 3. The molecule has 0 saturated carbocycles. The van der Waals surface area contributed by atoms with Gasteiger partial charge in [0.1, 0.15) is 0 Å². The molecule has 1 saturated heterocycles. The van der Waals surface area contributed by atoms with Crippen molar-refractivity contribution in [2.45, 2.75) is 25.9 Å². The fraction of sp³-hybridized carbons (Fsp3) is 0.375. The van der Waals surface area contributed by atoms with Crippen molar-refractivity contribution in [3.8, 4) is 0 Å². The first-order valence-electron chi connectivity index (χ1n) is 10.5. The van der Waals surface area contributed by atoms with E-state index >= 15 is 0 Å². The highest BCUT2D eigenvalue weighted by Crippen LogP contribution is 2.28. The van der Waals surface area contributed by atoms with Gasteiger partial charge in [-0.15, -0.1) is 0 Å². The number of likely N-dealkylation sites (N-methyl/N-ethyl adjacent to an activating group) is 1.